The van der Waals surface area contributed by atoms with Crippen LogP contribution in [0.15, 0.2) is 54.6 Å². The van der Waals surface area contributed by atoms with Gasteiger partial charge in [0.1, 0.15) is 11.0 Å². The van der Waals surface area contributed by atoms with Crippen molar-refractivity contribution in [3.8, 4) is 10.6 Å². The minimum atomic E-state index is -0.714. The first-order chi connectivity index (χ1) is 13.7. The molecule has 0 aliphatic rings. The van der Waals surface area contributed by atoms with E-state index < -0.39 is 6.04 Å². The average Bonchev–Trinajstić information content (AvgIpc) is 3.16. The summed E-state index contributed by atoms with van der Waals surface area (Å²) >= 11 is 1.28. The molecule has 0 bridgehead atoms. The lowest BCUT2D eigenvalue weighted by Gasteiger charge is -2.19. The van der Waals surface area contributed by atoms with E-state index in [-0.39, 0.29) is 17.2 Å². The minimum Gasteiger partial charge on any atom is -0.341 e. The van der Waals surface area contributed by atoms with E-state index in [1.807, 2.05) is 42.5 Å². The summed E-state index contributed by atoms with van der Waals surface area (Å²) in [7, 11) is 0. The van der Waals surface area contributed by atoms with Gasteiger partial charge < -0.3 is 5.32 Å². The summed E-state index contributed by atoms with van der Waals surface area (Å²) in [6.07, 6.45) is 0. The van der Waals surface area contributed by atoms with E-state index in [9.17, 15) is 9.59 Å². The number of carbonyl (C=O) groups excluding carboxylic acids is 2. The Balaban J connectivity index is 1.59. The third kappa shape index (κ3) is 5.26. The van der Waals surface area contributed by atoms with Gasteiger partial charge >= 0.3 is 0 Å². The molecule has 3 rings (SSSR count). The van der Waals surface area contributed by atoms with Gasteiger partial charge in [-0.3, -0.25) is 14.9 Å². The van der Waals surface area contributed by atoms with Crippen LogP contribution >= 0.6 is 11.3 Å². The molecule has 0 aliphatic heterocycles. The number of nitrogens with zero attached hydrogens (tertiary/aromatic N) is 2. The number of hydrogen-bond donors (Lipinski definition) is 2. The van der Waals surface area contributed by atoms with E-state index in [0.717, 1.165) is 16.1 Å². The number of carbonyl (C=O) groups is 2. The number of aromatic nitrogens is 2. The predicted octanol–water partition coefficient (Wildman–Crippen LogP) is 4.26. The second-order valence-electron chi connectivity index (χ2n) is 7.79. The molecule has 2 aromatic carbocycles. The van der Waals surface area contributed by atoms with E-state index in [4.69, 9.17) is 0 Å². The van der Waals surface area contributed by atoms with Crippen molar-refractivity contribution in [2.75, 3.05) is 5.32 Å². The van der Waals surface area contributed by atoms with Gasteiger partial charge in [0.2, 0.25) is 11.0 Å². The zero-order valence-electron chi connectivity index (χ0n) is 16.9. The molecule has 0 radical (unpaired) electrons. The van der Waals surface area contributed by atoms with E-state index in [1.54, 1.807) is 19.1 Å². The third-order valence-electron chi connectivity index (χ3n) is 4.43. The Bertz CT molecular complexity index is 992. The summed E-state index contributed by atoms with van der Waals surface area (Å²) in [5.41, 5.74) is 2.61. The molecule has 0 aliphatic carbocycles. The first kappa shape index (κ1) is 20.7. The van der Waals surface area contributed by atoms with Crippen molar-refractivity contribution >= 4 is 28.3 Å². The Morgan fingerprint density at radius 1 is 0.966 bits per heavy atom. The molecule has 0 saturated heterocycles. The molecule has 7 heteroatoms. The van der Waals surface area contributed by atoms with Gasteiger partial charge in [-0.15, -0.1) is 10.2 Å². The molecule has 2 amide bonds. The van der Waals surface area contributed by atoms with E-state index in [0.29, 0.717) is 10.7 Å². The Hall–Kier alpha value is -3.06. The van der Waals surface area contributed by atoms with Crippen LogP contribution in [-0.2, 0) is 10.2 Å². The fourth-order valence-electron chi connectivity index (χ4n) is 2.65. The normalized spacial score (nSPS) is 12.3. The highest BCUT2D eigenvalue weighted by Crippen LogP contribution is 2.26. The van der Waals surface area contributed by atoms with Crippen LogP contribution in [0.1, 0.15) is 43.6 Å². The first-order valence-corrected chi connectivity index (χ1v) is 10.2. The summed E-state index contributed by atoms with van der Waals surface area (Å²) in [4.78, 5) is 24.9. The summed E-state index contributed by atoms with van der Waals surface area (Å²) in [5.74, 6) is -0.643. The maximum absolute atomic E-state index is 12.4. The summed E-state index contributed by atoms with van der Waals surface area (Å²) in [5, 5.41) is 14.6. The van der Waals surface area contributed by atoms with Crippen molar-refractivity contribution in [1.82, 2.24) is 15.5 Å². The number of amides is 2. The highest BCUT2D eigenvalue weighted by atomic mass is 32.1. The van der Waals surface area contributed by atoms with Crippen LogP contribution < -0.4 is 10.6 Å². The molecule has 1 unspecified atom stereocenters. The number of rotatable bonds is 5. The van der Waals surface area contributed by atoms with Gasteiger partial charge in [0.15, 0.2) is 0 Å². The Labute approximate surface area is 174 Å². The van der Waals surface area contributed by atoms with Crippen LogP contribution in [0.25, 0.3) is 10.6 Å². The van der Waals surface area contributed by atoms with Crippen LogP contribution in [0.2, 0.25) is 0 Å². The molecule has 3 aromatic rings. The van der Waals surface area contributed by atoms with Crippen LogP contribution in [-0.4, -0.2) is 28.1 Å². The maximum atomic E-state index is 12.4. The second kappa shape index (κ2) is 8.53. The lowest BCUT2D eigenvalue weighted by Crippen LogP contribution is -2.41. The molecule has 1 heterocycles. The smallest absolute Gasteiger partial charge is 0.251 e. The molecular formula is C22H24N4O2S. The molecular weight excluding hydrogens is 384 g/mol. The van der Waals surface area contributed by atoms with Gasteiger partial charge in [0, 0.05) is 11.1 Å². The number of anilines is 1. The number of nitrogens with one attached hydrogen (secondary N) is 2. The average molecular weight is 409 g/mol. The molecule has 150 valence electrons. The maximum Gasteiger partial charge on any atom is 0.251 e. The van der Waals surface area contributed by atoms with E-state index in [1.165, 1.54) is 11.3 Å². The number of hydrogen-bond acceptors (Lipinski definition) is 5. The molecule has 1 aromatic heterocycles. The van der Waals surface area contributed by atoms with E-state index in [2.05, 4.69) is 41.6 Å². The SMILES string of the molecule is CC(NC(=O)c1ccc(C(C)(C)C)cc1)C(=O)Nc1nnc(-c2ccccc2)s1. The fraction of sp³-hybridized carbons (Fsp3) is 0.273. The van der Waals surface area contributed by atoms with Crippen LogP contribution in [0.3, 0.4) is 0 Å². The van der Waals surface area contributed by atoms with Gasteiger partial charge in [-0.25, -0.2) is 0 Å². The standard InChI is InChI=1S/C22H24N4O2S/c1-14(23-19(28)15-10-12-17(13-11-15)22(2,3)4)18(27)24-21-26-25-20(29-21)16-8-6-5-7-9-16/h5-14H,1-4H3,(H,23,28)(H,24,26,27). The minimum absolute atomic E-state index is 0.0164. The van der Waals surface area contributed by atoms with Crippen molar-refractivity contribution in [3.05, 3.63) is 65.7 Å². The fourth-order valence-corrected chi connectivity index (χ4v) is 3.40. The summed E-state index contributed by atoms with van der Waals surface area (Å²) in [6.45, 7) is 7.98. The van der Waals surface area contributed by atoms with Crippen molar-refractivity contribution in [2.24, 2.45) is 0 Å². The van der Waals surface area contributed by atoms with E-state index >= 15 is 0 Å². The Kier molecular flexibility index (Phi) is 6.08. The molecule has 29 heavy (non-hydrogen) atoms. The topological polar surface area (TPSA) is 84.0 Å². The molecule has 0 spiro atoms. The molecule has 0 saturated carbocycles. The largest absolute Gasteiger partial charge is 0.341 e. The number of benzene rings is 2. The quantitative estimate of drug-likeness (QED) is 0.661. The highest BCUT2D eigenvalue weighted by Gasteiger charge is 2.19. The Morgan fingerprint density at radius 2 is 1.62 bits per heavy atom. The van der Waals surface area contributed by atoms with Gasteiger partial charge in [0.25, 0.3) is 5.91 Å². The van der Waals surface area contributed by atoms with Crippen molar-refractivity contribution < 1.29 is 9.59 Å². The highest BCUT2D eigenvalue weighted by molar-refractivity contribution is 7.18. The second-order valence-corrected chi connectivity index (χ2v) is 8.77. The first-order valence-electron chi connectivity index (χ1n) is 9.35. The van der Waals surface area contributed by atoms with Crippen molar-refractivity contribution in [1.29, 1.82) is 0 Å². The van der Waals surface area contributed by atoms with Crippen molar-refractivity contribution in [3.63, 3.8) is 0 Å². The summed E-state index contributed by atoms with van der Waals surface area (Å²) < 4.78 is 0. The third-order valence-corrected chi connectivity index (χ3v) is 5.32. The molecule has 2 N–H and O–H groups in total. The predicted molar refractivity (Wildman–Crippen MR) is 116 cm³/mol. The van der Waals surface area contributed by atoms with Gasteiger partial charge in [-0.2, -0.15) is 0 Å². The lowest BCUT2D eigenvalue weighted by atomic mass is 9.86. The molecule has 0 fully saturated rings. The van der Waals surface area contributed by atoms with Gasteiger partial charge in [0.05, 0.1) is 0 Å². The molecule has 1 atom stereocenters. The monoisotopic (exact) mass is 408 g/mol. The zero-order chi connectivity index (χ0) is 21.0. The van der Waals surface area contributed by atoms with Gasteiger partial charge in [-0.05, 0) is 30.0 Å². The van der Waals surface area contributed by atoms with Crippen LogP contribution in [0.4, 0.5) is 5.13 Å². The van der Waals surface area contributed by atoms with Gasteiger partial charge in [-0.1, -0.05) is 74.6 Å². The van der Waals surface area contributed by atoms with Crippen LogP contribution in [0, 0.1) is 0 Å². The zero-order valence-corrected chi connectivity index (χ0v) is 17.7. The van der Waals surface area contributed by atoms with Crippen molar-refractivity contribution in [2.45, 2.75) is 39.2 Å². The summed E-state index contributed by atoms with van der Waals surface area (Å²) in [6, 6.07) is 16.3. The van der Waals surface area contributed by atoms with Crippen LogP contribution in [0.5, 0.6) is 0 Å². The Morgan fingerprint density at radius 3 is 2.24 bits per heavy atom. The molecule has 6 nitrogen and oxygen atoms in total. The lowest BCUT2D eigenvalue weighted by molar-refractivity contribution is -0.117.